The minimum absolute atomic E-state index is 0.112. The van der Waals surface area contributed by atoms with Gasteiger partial charge in [-0.1, -0.05) is 11.3 Å². The fourth-order valence-corrected chi connectivity index (χ4v) is 2.82. The molecular weight excluding hydrogens is 322 g/mol. The van der Waals surface area contributed by atoms with Crippen molar-refractivity contribution in [2.24, 2.45) is 0 Å². The number of amides is 1. The smallest absolute Gasteiger partial charge is 0.325 e. The lowest BCUT2D eigenvalue weighted by molar-refractivity contribution is -0.137. The first-order chi connectivity index (χ1) is 11.4. The van der Waals surface area contributed by atoms with Crippen LogP contribution in [0.2, 0.25) is 0 Å². The lowest BCUT2D eigenvalue weighted by Gasteiger charge is -2.43. The molecule has 24 heavy (non-hydrogen) atoms. The zero-order chi connectivity index (χ0) is 17.3. The van der Waals surface area contributed by atoms with E-state index in [1.807, 2.05) is 0 Å². The number of aliphatic carboxylic acids is 1. The highest BCUT2D eigenvalue weighted by atomic mass is 19.1. The topological polar surface area (TPSA) is 97.1 Å². The first kappa shape index (κ1) is 16.0. The number of rotatable bonds is 5. The lowest BCUT2D eigenvalue weighted by atomic mass is 9.71. The summed E-state index contributed by atoms with van der Waals surface area (Å²) in [4.78, 5) is 22.9. The van der Waals surface area contributed by atoms with Gasteiger partial charge in [-0.3, -0.25) is 9.59 Å². The molecule has 2 N–H and O–H groups in total. The Labute approximate surface area is 135 Å². The molecule has 7 nitrogen and oxygen atoms in total. The molecule has 1 fully saturated rings. The van der Waals surface area contributed by atoms with Crippen molar-refractivity contribution < 1.29 is 23.5 Å². The molecule has 126 valence electrons. The number of hydrogen-bond donors (Lipinski definition) is 2. The van der Waals surface area contributed by atoms with E-state index in [9.17, 15) is 18.4 Å². The molecule has 1 aromatic carbocycles. The van der Waals surface area contributed by atoms with Crippen LogP contribution in [0.3, 0.4) is 0 Å². The molecule has 0 bridgehead atoms. The maximum atomic E-state index is 14.1. The summed E-state index contributed by atoms with van der Waals surface area (Å²) in [6.07, 6.45) is 2.70. The summed E-state index contributed by atoms with van der Waals surface area (Å²) in [6.45, 7) is -0.437. The zero-order valence-corrected chi connectivity index (χ0v) is 12.5. The summed E-state index contributed by atoms with van der Waals surface area (Å²) in [6, 6.07) is 3.56. The SMILES string of the molecule is O=C(O)Cn1cc(C(=O)NC2(c3c(F)cccc3F)CCC2)nn1. The molecule has 0 saturated heterocycles. The van der Waals surface area contributed by atoms with Crippen LogP contribution in [0.1, 0.15) is 35.3 Å². The summed E-state index contributed by atoms with van der Waals surface area (Å²) >= 11 is 0. The molecule has 1 aliphatic carbocycles. The predicted molar refractivity (Wildman–Crippen MR) is 77.0 cm³/mol. The number of nitrogens with one attached hydrogen (secondary N) is 1. The largest absolute Gasteiger partial charge is 0.480 e. The Balaban J connectivity index is 1.84. The molecule has 0 atom stereocenters. The maximum Gasteiger partial charge on any atom is 0.325 e. The number of carbonyl (C=O) groups is 2. The molecule has 1 saturated carbocycles. The summed E-state index contributed by atoms with van der Waals surface area (Å²) < 4.78 is 29.2. The van der Waals surface area contributed by atoms with Gasteiger partial charge in [0.2, 0.25) is 0 Å². The van der Waals surface area contributed by atoms with Crippen LogP contribution in [-0.2, 0) is 16.9 Å². The Morgan fingerprint density at radius 2 is 1.96 bits per heavy atom. The molecule has 9 heteroatoms. The number of benzene rings is 1. The summed E-state index contributed by atoms with van der Waals surface area (Å²) in [5.41, 5.74) is -1.40. The van der Waals surface area contributed by atoms with E-state index in [0.29, 0.717) is 12.8 Å². The first-order valence-corrected chi connectivity index (χ1v) is 7.30. The van der Waals surface area contributed by atoms with Gasteiger partial charge in [-0.2, -0.15) is 0 Å². The van der Waals surface area contributed by atoms with E-state index < -0.39 is 35.6 Å². The number of hydrogen-bond acceptors (Lipinski definition) is 4. The van der Waals surface area contributed by atoms with Gasteiger partial charge < -0.3 is 10.4 Å². The molecule has 0 aliphatic heterocycles. The highest BCUT2D eigenvalue weighted by molar-refractivity contribution is 5.92. The molecule has 1 aliphatic rings. The second-order valence-electron chi connectivity index (χ2n) is 5.68. The van der Waals surface area contributed by atoms with Crippen molar-refractivity contribution in [2.45, 2.75) is 31.3 Å². The van der Waals surface area contributed by atoms with Gasteiger partial charge in [0.05, 0.1) is 11.7 Å². The molecule has 2 aromatic rings. The van der Waals surface area contributed by atoms with Gasteiger partial charge in [-0.05, 0) is 31.4 Å². The second-order valence-corrected chi connectivity index (χ2v) is 5.68. The quantitative estimate of drug-likeness (QED) is 0.861. The van der Waals surface area contributed by atoms with E-state index in [-0.39, 0.29) is 11.3 Å². The van der Waals surface area contributed by atoms with Crippen molar-refractivity contribution >= 4 is 11.9 Å². The Hall–Kier alpha value is -2.84. The van der Waals surface area contributed by atoms with Gasteiger partial charge in [0, 0.05) is 5.56 Å². The van der Waals surface area contributed by atoms with Crippen LogP contribution >= 0.6 is 0 Å². The van der Waals surface area contributed by atoms with Crippen LogP contribution in [0, 0.1) is 11.6 Å². The highest BCUT2D eigenvalue weighted by Gasteiger charge is 2.44. The van der Waals surface area contributed by atoms with Crippen LogP contribution in [-0.4, -0.2) is 32.0 Å². The normalized spacial score (nSPS) is 15.6. The molecule has 0 unspecified atom stereocenters. The van der Waals surface area contributed by atoms with Gasteiger partial charge in [0.1, 0.15) is 18.2 Å². The van der Waals surface area contributed by atoms with Crippen LogP contribution in [0.4, 0.5) is 8.78 Å². The van der Waals surface area contributed by atoms with Gasteiger partial charge in [-0.15, -0.1) is 5.10 Å². The standard InChI is InChI=1S/C15H14F2N4O3/c16-9-3-1-4-10(17)13(9)15(5-2-6-15)18-14(24)11-7-21(20-19-11)8-12(22)23/h1,3-4,7H,2,5-6,8H2,(H,18,24)(H,22,23). The summed E-state index contributed by atoms with van der Waals surface area (Å²) in [7, 11) is 0. The fraction of sp³-hybridized carbons (Fsp3) is 0.333. The Morgan fingerprint density at radius 1 is 1.29 bits per heavy atom. The van der Waals surface area contributed by atoms with Crippen molar-refractivity contribution in [3.8, 4) is 0 Å². The van der Waals surface area contributed by atoms with E-state index in [2.05, 4.69) is 15.6 Å². The van der Waals surface area contributed by atoms with Gasteiger partial charge in [-0.25, -0.2) is 13.5 Å². The second kappa shape index (κ2) is 5.99. The van der Waals surface area contributed by atoms with Crippen LogP contribution in [0.25, 0.3) is 0 Å². The Bertz CT molecular complexity index is 782. The molecule has 3 rings (SSSR count). The number of aromatic nitrogens is 3. The van der Waals surface area contributed by atoms with E-state index in [0.717, 1.165) is 23.2 Å². The van der Waals surface area contributed by atoms with Crippen LogP contribution < -0.4 is 5.32 Å². The first-order valence-electron chi connectivity index (χ1n) is 7.30. The van der Waals surface area contributed by atoms with Gasteiger partial charge >= 0.3 is 5.97 Å². The highest BCUT2D eigenvalue weighted by Crippen LogP contribution is 2.43. The van der Waals surface area contributed by atoms with Gasteiger partial charge in [0.25, 0.3) is 5.91 Å². The van der Waals surface area contributed by atoms with E-state index in [1.165, 1.54) is 12.3 Å². The minimum atomic E-state index is -1.13. The lowest BCUT2D eigenvalue weighted by Crippen LogP contribution is -2.52. The molecule has 1 amide bonds. The third-order valence-electron chi connectivity index (χ3n) is 4.07. The Kier molecular flexibility index (Phi) is 4.00. The van der Waals surface area contributed by atoms with Gasteiger partial charge in [0.15, 0.2) is 5.69 Å². The van der Waals surface area contributed by atoms with Crippen molar-refractivity contribution in [1.29, 1.82) is 0 Å². The molecule has 1 aromatic heterocycles. The van der Waals surface area contributed by atoms with Crippen molar-refractivity contribution in [3.05, 3.63) is 47.3 Å². The van der Waals surface area contributed by atoms with E-state index in [4.69, 9.17) is 5.11 Å². The minimum Gasteiger partial charge on any atom is -0.480 e. The number of carbonyl (C=O) groups excluding carboxylic acids is 1. The number of halogens is 2. The molecular formula is C15H14F2N4O3. The third kappa shape index (κ3) is 2.84. The van der Waals surface area contributed by atoms with Crippen molar-refractivity contribution in [1.82, 2.24) is 20.3 Å². The number of nitrogens with zero attached hydrogens (tertiary/aromatic N) is 3. The summed E-state index contributed by atoms with van der Waals surface area (Å²) in [5, 5.41) is 18.5. The third-order valence-corrected chi connectivity index (χ3v) is 4.07. The van der Waals surface area contributed by atoms with E-state index >= 15 is 0 Å². The number of carboxylic acids is 1. The van der Waals surface area contributed by atoms with Crippen LogP contribution in [0.15, 0.2) is 24.4 Å². The predicted octanol–water partition coefficient (Wildman–Crippen LogP) is 1.45. The monoisotopic (exact) mass is 336 g/mol. The maximum absolute atomic E-state index is 14.1. The van der Waals surface area contributed by atoms with Crippen LogP contribution in [0.5, 0.6) is 0 Å². The number of carboxylic acid groups (broad SMARTS) is 1. The van der Waals surface area contributed by atoms with Crippen molar-refractivity contribution in [2.75, 3.05) is 0 Å². The van der Waals surface area contributed by atoms with Crippen molar-refractivity contribution in [3.63, 3.8) is 0 Å². The average molecular weight is 336 g/mol. The van der Waals surface area contributed by atoms with E-state index in [1.54, 1.807) is 0 Å². The zero-order valence-electron chi connectivity index (χ0n) is 12.5. The molecule has 1 heterocycles. The molecule has 0 radical (unpaired) electrons. The fourth-order valence-electron chi connectivity index (χ4n) is 2.82. The summed E-state index contributed by atoms with van der Waals surface area (Å²) in [5.74, 6) is -3.22. The average Bonchev–Trinajstić information content (AvgIpc) is 2.91. The molecule has 0 spiro atoms. The Morgan fingerprint density at radius 3 is 2.50 bits per heavy atom.